The molecule has 1 aromatic rings. The third-order valence-electron chi connectivity index (χ3n) is 2.93. The minimum atomic E-state index is -0.229. The molecule has 0 aliphatic rings. The van der Waals surface area contributed by atoms with E-state index in [-0.39, 0.29) is 18.0 Å². The van der Waals surface area contributed by atoms with Gasteiger partial charge in [-0.3, -0.25) is 10.1 Å². The Morgan fingerprint density at radius 2 is 1.95 bits per heavy atom. The van der Waals surface area contributed by atoms with E-state index in [1.807, 2.05) is 38.1 Å². The Kier molecular flexibility index (Phi) is 6.32. The topological polar surface area (TPSA) is 41.1 Å². The highest BCUT2D eigenvalue weighted by Gasteiger charge is 2.16. The number of benzene rings is 1. The summed E-state index contributed by atoms with van der Waals surface area (Å²) in [6.45, 7) is 8.75. The lowest BCUT2D eigenvalue weighted by Gasteiger charge is -2.20. The van der Waals surface area contributed by atoms with Crippen LogP contribution in [0.1, 0.15) is 39.3 Å². The van der Waals surface area contributed by atoms with Crippen LogP contribution in [-0.2, 0) is 4.79 Å². The molecule has 0 fully saturated rings. The maximum Gasteiger partial charge on any atom is 0.236 e. The molecular weight excluding hydrogens is 260 g/mol. The zero-order valence-electron chi connectivity index (χ0n) is 12.0. The summed E-state index contributed by atoms with van der Waals surface area (Å²) >= 11 is 5.97. The van der Waals surface area contributed by atoms with Gasteiger partial charge in [0.25, 0.3) is 0 Å². The molecule has 106 valence electrons. The van der Waals surface area contributed by atoms with Crippen LogP contribution in [0.2, 0.25) is 5.02 Å². The van der Waals surface area contributed by atoms with E-state index in [0.29, 0.717) is 17.5 Å². The van der Waals surface area contributed by atoms with Crippen LogP contribution in [0.4, 0.5) is 0 Å². The fraction of sp³-hybridized carbons (Fsp3) is 0.533. The first kappa shape index (κ1) is 16.0. The van der Waals surface area contributed by atoms with Gasteiger partial charge in [0, 0.05) is 17.6 Å². The average Bonchev–Trinajstić information content (AvgIpc) is 2.35. The molecule has 0 heterocycles. The molecule has 3 nitrogen and oxygen atoms in total. The van der Waals surface area contributed by atoms with E-state index in [4.69, 9.17) is 11.6 Å². The van der Waals surface area contributed by atoms with Crippen LogP contribution in [0.15, 0.2) is 24.3 Å². The van der Waals surface area contributed by atoms with Crippen molar-refractivity contribution in [3.05, 3.63) is 34.9 Å². The van der Waals surface area contributed by atoms with Crippen molar-refractivity contribution in [3.8, 4) is 0 Å². The van der Waals surface area contributed by atoms with Gasteiger partial charge in [-0.05, 0) is 37.5 Å². The summed E-state index contributed by atoms with van der Waals surface area (Å²) in [6, 6.07) is 7.53. The summed E-state index contributed by atoms with van der Waals surface area (Å²) in [4.78, 5) is 11.9. The SMILES string of the molecule is CC(C)CNC(=O)C(C)NC(C)c1cccc(Cl)c1. The molecule has 2 atom stereocenters. The van der Waals surface area contributed by atoms with Gasteiger partial charge in [-0.2, -0.15) is 0 Å². The number of nitrogens with one attached hydrogen (secondary N) is 2. The van der Waals surface area contributed by atoms with E-state index >= 15 is 0 Å². The van der Waals surface area contributed by atoms with Crippen LogP contribution in [0.25, 0.3) is 0 Å². The van der Waals surface area contributed by atoms with Crippen molar-refractivity contribution in [2.45, 2.75) is 39.8 Å². The van der Waals surface area contributed by atoms with Gasteiger partial charge in [0.1, 0.15) is 0 Å². The molecule has 0 radical (unpaired) electrons. The van der Waals surface area contributed by atoms with Crippen molar-refractivity contribution >= 4 is 17.5 Å². The van der Waals surface area contributed by atoms with E-state index in [1.54, 1.807) is 0 Å². The second-order valence-corrected chi connectivity index (χ2v) is 5.74. The first-order valence-corrected chi connectivity index (χ1v) is 7.07. The first-order valence-electron chi connectivity index (χ1n) is 6.69. The second kappa shape index (κ2) is 7.51. The molecule has 19 heavy (non-hydrogen) atoms. The average molecular weight is 283 g/mol. The molecule has 2 N–H and O–H groups in total. The summed E-state index contributed by atoms with van der Waals surface area (Å²) in [5, 5.41) is 6.91. The third-order valence-corrected chi connectivity index (χ3v) is 3.16. The molecule has 4 heteroatoms. The van der Waals surface area contributed by atoms with Gasteiger partial charge < -0.3 is 5.32 Å². The van der Waals surface area contributed by atoms with Gasteiger partial charge in [0.2, 0.25) is 5.91 Å². The Morgan fingerprint density at radius 1 is 1.26 bits per heavy atom. The summed E-state index contributed by atoms with van der Waals surface area (Å²) in [5.41, 5.74) is 1.08. The smallest absolute Gasteiger partial charge is 0.236 e. The lowest BCUT2D eigenvalue weighted by Crippen LogP contribution is -2.44. The number of rotatable bonds is 6. The Bertz CT molecular complexity index is 420. The fourth-order valence-corrected chi connectivity index (χ4v) is 1.98. The van der Waals surface area contributed by atoms with E-state index in [1.165, 1.54) is 0 Å². The molecule has 1 amide bonds. The first-order chi connectivity index (χ1) is 8.90. The van der Waals surface area contributed by atoms with Gasteiger partial charge in [-0.1, -0.05) is 37.6 Å². The molecule has 0 aliphatic heterocycles. The Balaban J connectivity index is 2.51. The van der Waals surface area contributed by atoms with E-state index in [0.717, 1.165) is 5.56 Å². The number of hydrogen-bond donors (Lipinski definition) is 2. The minimum Gasteiger partial charge on any atom is -0.354 e. The second-order valence-electron chi connectivity index (χ2n) is 5.30. The molecule has 1 rings (SSSR count). The fourth-order valence-electron chi connectivity index (χ4n) is 1.78. The molecule has 0 bridgehead atoms. The molecule has 0 aliphatic carbocycles. The maximum absolute atomic E-state index is 11.9. The van der Waals surface area contributed by atoms with Crippen molar-refractivity contribution in [2.75, 3.05) is 6.54 Å². The zero-order chi connectivity index (χ0) is 14.4. The van der Waals surface area contributed by atoms with Crippen LogP contribution < -0.4 is 10.6 Å². The van der Waals surface area contributed by atoms with Gasteiger partial charge in [-0.25, -0.2) is 0 Å². The monoisotopic (exact) mass is 282 g/mol. The molecule has 2 unspecified atom stereocenters. The van der Waals surface area contributed by atoms with E-state index in [9.17, 15) is 4.79 Å². The van der Waals surface area contributed by atoms with Crippen molar-refractivity contribution in [1.29, 1.82) is 0 Å². The summed E-state index contributed by atoms with van der Waals surface area (Å²) in [6.07, 6.45) is 0. The van der Waals surface area contributed by atoms with Crippen molar-refractivity contribution in [2.24, 2.45) is 5.92 Å². The number of amides is 1. The van der Waals surface area contributed by atoms with Crippen LogP contribution in [0, 0.1) is 5.92 Å². The van der Waals surface area contributed by atoms with Crippen LogP contribution in [-0.4, -0.2) is 18.5 Å². The quantitative estimate of drug-likeness (QED) is 0.841. The lowest BCUT2D eigenvalue weighted by molar-refractivity contribution is -0.123. The van der Waals surface area contributed by atoms with Gasteiger partial charge in [0.05, 0.1) is 6.04 Å². The summed E-state index contributed by atoms with van der Waals surface area (Å²) < 4.78 is 0. The van der Waals surface area contributed by atoms with E-state index in [2.05, 4.69) is 24.5 Å². The predicted octanol–water partition coefficient (Wildman–Crippen LogP) is 3.15. The predicted molar refractivity (Wildman–Crippen MR) is 80.3 cm³/mol. The normalized spacial score (nSPS) is 14.2. The number of hydrogen-bond acceptors (Lipinski definition) is 2. The lowest BCUT2D eigenvalue weighted by atomic mass is 10.1. The molecule has 0 aromatic heterocycles. The molecule has 0 saturated heterocycles. The Labute approximate surface area is 120 Å². The van der Waals surface area contributed by atoms with Crippen LogP contribution in [0.3, 0.4) is 0 Å². The third kappa shape index (κ3) is 5.62. The Hall–Kier alpha value is -1.06. The van der Waals surface area contributed by atoms with Crippen molar-refractivity contribution in [3.63, 3.8) is 0 Å². The maximum atomic E-state index is 11.9. The molecule has 0 spiro atoms. The Morgan fingerprint density at radius 3 is 2.53 bits per heavy atom. The number of carbonyl (C=O) groups is 1. The molecular formula is C15H23ClN2O. The standard InChI is InChI=1S/C15H23ClN2O/c1-10(2)9-17-15(19)12(4)18-11(3)13-6-5-7-14(16)8-13/h5-8,10-12,18H,9H2,1-4H3,(H,17,19). The van der Waals surface area contributed by atoms with Gasteiger partial charge in [0.15, 0.2) is 0 Å². The zero-order valence-corrected chi connectivity index (χ0v) is 12.8. The van der Waals surface area contributed by atoms with Crippen molar-refractivity contribution in [1.82, 2.24) is 10.6 Å². The van der Waals surface area contributed by atoms with Crippen molar-refractivity contribution < 1.29 is 4.79 Å². The largest absolute Gasteiger partial charge is 0.354 e. The highest BCUT2D eigenvalue weighted by atomic mass is 35.5. The number of halogens is 1. The summed E-state index contributed by atoms with van der Waals surface area (Å²) in [7, 11) is 0. The molecule has 0 saturated carbocycles. The molecule has 1 aromatic carbocycles. The summed E-state index contributed by atoms with van der Waals surface area (Å²) in [5.74, 6) is 0.490. The van der Waals surface area contributed by atoms with E-state index < -0.39 is 0 Å². The van der Waals surface area contributed by atoms with Gasteiger partial charge in [-0.15, -0.1) is 0 Å². The van der Waals surface area contributed by atoms with Gasteiger partial charge >= 0.3 is 0 Å². The number of carbonyl (C=O) groups excluding carboxylic acids is 1. The van der Waals surface area contributed by atoms with Crippen LogP contribution in [0.5, 0.6) is 0 Å². The van der Waals surface area contributed by atoms with Crippen LogP contribution >= 0.6 is 11.6 Å². The highest BCUT2D eigenvalue weighted by Crippen LogP contribution is 2.17. The highest BCUT2D eigenvalue weighted by molar-refractivity contribution is 6.30. The minimum absolute atomic E-state index is 0.0302.